The largest absolute Gasteiger partial charge is 0.490 e. The van der Waals surface area contributed by atoms with E-state index in [2.05, 4.69) is 17.2 Å². The van der Waals surface area contributed by atoms with Gasteiger partial charge in [0.15, 0.2) is 0 Å². The second-order valence-corrected chi connectivity index (χ2v) is 8.56. The van der Waals surface area contributed by atoms with Crippen molar-refractivity contribution >= 4 is 18.0 Å². The quantitative estimate of drug-likeness (QED) is 0.233. The predicted molar refractivity (Wildman–Crippen MR) is 126 cm³/mol. The lowest BCUT2D eigenvalue weighted by atomic mass is 10.0. The highest BCUT2D eigenvalue weighted by Gasteiger charge is 2.24. The summed E-state index contributed by atoms with van der Waals surface area (Å²) in [6.07, 6.45) is 3.10. The van der Waals surface area contributed by atoms with Crippen LogP contribution in [0.25, 0.3) is 0 Å². The van der Waals surface area contributed by atoms with Crippen molar-refractivity contribution in [3.05, 3.63) is 42.5 Å². The number of alkyl carbamates (subject to hydrolysis) is 1. The minimum absolute atomic E-state index is 0.257. The molecular weight excluding hydrogens is 426 g/mol. The second kappa shape index (κ2) is 14.2. The Hall–Kier alpha value is -3.07. The van der Waals surface area contributed by atoms with Crippen LogP contribution in [0.4, 0.5) is 4.79 Å². The van der Waals surface area contributed by atoms with Crippen LogP contribution in [-0.4, -0.2) is 55.9 Å². The number of rotatable bonds is 13. The van der Waals surface area contributed by atoms with E-state index in [9.17, 15) is 14.4 Å². The van der Waals surface area contributed by atoms with Gasteiger partial charge in [0.25, 0.3) is 0 Å². The van der Waals surface area contributed by atoms with Crippen molar-refractivity contribution in [3.63, 3.8) is 0 Å². The molecule has 9 nitrogen and oxygen atoms in total. The molecule has 0 spiro atoms. The van der Waals surface area contributed by atoms with E-state index in [0.29, 0.717) is 38.2 Å². The smallest absolute Gasteiger partial charge is 0.407 e. The number of nitrogens with two attached hydrogens (primary N) is 1. The summed E-state index contributed by atoms with van der Waals surface area (Å²) in [7, 11) is 1.27. The Morgan fingerprint density at radius 2 is 1.82 bits per heavy atom. The maximum atomic E-state index is 12.5. The van der Waals surface area contributed by atoms with Gasteiger partial charge in [0.05, 0.1) is 13.2 Å². The number of nitrogens with one attached hydrogen (secondary N) is 2. The fraction of sp³-hybridized carbons (Fsp3) is 0.542. The first-order chi connectivity index (χ1) is 15.6. The minimum Gasteiger partial charge on any atom is -0.490 e. The van der Waals surface area contributed by atoms with E-state index >= 15 is 0 Å². The van der Waals surface area contributed by atoms with Crippen molar-refractivity contribution in [2.45, 2.75) is 64.1 Å². The van der Waals surface area contributed by atoms with Crippen LogP contribution in [-0.2, 0) is 25.5 Å². The van der Waals surface area contributed by atoms with Gasteiger partial charge in [-0.05, 0) is 57.7 Å². The monoisotopic (exact) mass is 463 g/mol. The maximum absolute atomic E-state index is 12.5. The molecular formula is C24H37N3O6. The first-order valence-electron chi connectivity index (χ1n) is 11.0. The van der Waals surface area contributed by atoms with E-state index in [4.69, 9.17) is 19.9 Å². The van der Waals surface area contributed by atoms with E-state index in [-0.39, 0.29) is 6.42 Å². The number of hydrogen-bond donors (Lipinski definition) is 3. The van der Waals surface area contributed by atoms with Gasteiger partial charge < -0.3 is 30.6 Å². The van der Waals surface area contributed by atoms with Gasteiger partial charge in [-0.1, -0.05) is 24.8 Å². The first kappa shape index (κ1) is 28.0. The number of benzene rings is 1. The number of carbonyl (C=O) groups excluding carboxylic acids is 3. The zero-order valence-corrected chi connectivity index (χ0v) is 20.0. The standard InChI is InChI=1S/C24H37N3O6/c1-6-15-32-18-12-10-17(11-13-18)16-20(22(29)31-5)27-21(28)19(25)9-7-8-14-26-23(30)33-24(2,3)4/h6,10-13,19-20H,1,7-9,14-16,25H2,2-5H3,(H,26,30)(H,27,28)/t19-,20+/m1/s1. The zero-order chi connectivity index (χ0) is 24.9. The van der Waals surface area contributed by atoms with Crippen molar-refractivity contribution in [1.82, 2.24) is 10.6 Å². The lowest BCUT2D eigenvalue weighted by molar-refractivity contribution is -0.145. The molecule has 0 saturated heterocycles. The van der Waals surface area contributed by atoms with E-state index < -0.39 is 35.7 Å². The summed E-state index contributed by atoms with van der Waals surface area (Å²) < 4.78 is 15.4. The Morgan fingerprint density at radius 1 is 1.15 bits per heavy atom. The van der Waals surface area contributed by atoms with Gasteiger partial charge in [-0.25, -0.2) is 9.59 Å². The average Bonchev–Trinajstić information content (AvgIpc) is 2.75. The van der Waals surface area contributed by atoms with Gasteiger partial charge in [-0.2, -0.15) is 0 Å². The van der Waals surface area contributed by atoms with Crippen LogP contribution in [0.2, 0.25) is 0 Å². The summed E-state index contributed by atoms with van der Waals surface area (Å²) >= 11 is 0. The van der Waals surface area contributed by atoms with Gasteiger partial charge >= 0.3 is 12.1 Å². The van der Waals surface area contributed by atoms with Crippen LogP contribution in [0, 0.1) is 0 Å². The molecule has 0 saturated carbocycles. The van der Waals surface area contributed by atoms with Crippen molar-refractivity contribution in [2.24, 2.45) is 5.73 Å². The molecule has 1 aromatic rings. The third kappa shape index (κ3) is 11.9. The Kier molecular flexibility index (Phi) is 12.0. The highest BCUT2D eigenvalue weighted by atomic mass is 16.6. The summed E-state index contributed by atoms with van der Waals surface area (Å²) in [4.78, 5) is 36.3. The Bertz CT molecular complexity index is 773. The topological polar surface area (TPSA) is 129 Å². The molecule has 0 bridgehead atoms. The predicted octanol–water partition coefficient (Wildman–Crippen LogP) is 2.47. The second-order valence-electron chi connectivity index (χ2n) is 8.56. The summed E-state index contributed by atoms with van der Waals surface area (Å²) in [6, 6.07) is 5.56. The number of hydrogen-bond acceptors (Lipinski definition) is 7. The van der Waals surface area contributed by atoms with Crippen LogP contribution < -0.4 is 21.1 Å². The summed E-state index contributed by atoms with van der Waals surface area (Å²) in [5.74, 6) is -0.305. The van der Waals surface area contributed by atoms with Crippen molar-refractivity contribution < 1.29 is 28.6 Å². The molecule has 0 aliphatic heterocycles. The van der Waals surface area contributed by atoms with Gasteiger partial charge in [0.1, 0.15) is 24.0 Å². The molecule has 0 radical (unpaired) electrons. The van der Waals surface area contributed by atoms with Gasteiger partial charge in [-0.15, -0.1) is 0 Å². The number of methoxy groups -OCH3 is 1. The lowest BCUT2D eigenvalue weighted by Gasteiger charge is -2.20. The number of carbonyl (C=O) groups is 3. The molecule has 4 N–H and O–H groups in total. The molecule has 1 aromatic carbocycles. The number of ether oxygens (including phenoxy) is 3. The van der Waals surface area contributed by atoms with E-state index in [1.807, 2.05) is 12.1 Å². The number of amides is 2. The molecule has 1 rings (SSSR count). The molecule has 2 atom stereocenters. The maximum Gasteiger partial charge on any atom is 0.407 e. The molecule has 0 heterocycles. The van der Waals surface area contributed by atoms with Crippen LogP contribution in [0.5, 0.6) is 5.75 Å². The van der Waals surface area contributed by atoms with Crippen molar-refractivity contribution in [3.8, 4) is 5.75 Å². The van der Waals surface area contributed by atoms with E-state index in [1.165, 1.54) is 7.11 Å². The SMILES string of the molecule is C=CCOc1ccc(C[C@H](NC(=O)[C@H](N)CCCCNC(=O)OC(C)(C)C)C(=O)OC)cc1. The van der Waals surface area contributed by atoms with Crippen LogP contribution in [0.3, 0.4) is 0 Å². The molecule has 0 unspecified atom stereocenters. The minimum atomic E-state index is -0.859. The van der Waals surface area contributed by atoms with Crippen molar-refractivity contribution in [1.29, 1.82) is 0 Å². The van der Waals surface area contributed by atoms with Gasteiger partial charge in [0.2, 0.25) is 5.91 Å². The van der Waals surface area contributed by atoms with Gasteiger partial charge in [0, 0.05) is 13.0 Å². The Morgan fingerprint density at radius 3 is 2.39 bits per heavy atom. The molecule has 33 heavy (non-hydrogen) atoms. The molecule has 0 aliphatic rings. The summed E-state index contributed by atoms with van der Waals surface area (Å²) in [5, 5.41) is 5.34. The van der Waals surface area contributed by atoms with Crippen LogP contribution >= 0.6 is 0 Å². The lowest BCUT2D eigenvalue weighted by Crippen LogP contribution is -2.49. The fourth-order valence-corrected chi connectivity index (χ4v) is 2.85. The molecule has 2 amide bonds. The molecule has 0 aliphatic carbocycles. The van der Waals surface area contributed by atoms with Gasteiger partial charge in [-0.3, -0.25) is 4.79 Å². The highest BCUT2D eigenvalue weighted by molar-refractivity contribution is 5.87. The zero-order valence-electron chi connectivity index (χ0n) is 20.0. The average molecular weight is 464 g/mol. The third-order valence-electron chi connectivity index (χ3n) is 4.48. The normalized spacial score (nSPS) is 12.8. The highest BCUT2D eigenvalue weighted by Crippen LogP contribution is 2.14. The summed E-state index contributed by atoms with van der Waals surface area (Å²) in [5.41, 5.74) is 6.27. The Labute approximate surface area is 196 Å². The number of esters is 1. The Balaban J connectivity index is 2.48. The molecule has 0 fully saturated rings. The van der Waals surface area contributed by atoms with Crippen molar-refractivity contribution in [2.75, 3.05) is 20.3 Å². The third-order valence-corrected chi connectivity index (χ3v) is 4.48. The number of unbranched alkanes of at least 4 members (excludes halogenated alkanes) is 1. The molecule has 9 heteroatoms. The van der Waals surface area contributed by atoms with E-state index in [1.54, 1.807) is 39.0 Å². The van der Waals surface area contributed by atoms with Crippen LogP contribution in [0.15, 0.2) is 36.9 Å². The molecule has 0 aromatic heterocycles. The fourth-order valence-electron chi connectivity index (χ4n) is 2.85. The van der Waals surface area contributed by atoms with Crippen LogP contribution in [0.1, 0.15) is 45.6 Å². The molecule has 184 valence electrons. The van der Waals surface area contributed by atoms with E-state index in [0.717, 1.165) is 5.56 Å². The first-order valence-corrected chi connectivity index (χ1v) is 11.0. The summed E-state index contributed by atoms with van der Waals surface area (Å²) in [6.45, 7) is 9.79.